The topological polar surface area (TPSA) is 101 Å². The maximum Gasteiger partial charge on any atom is 0.631 e. The van der Waals surface area contributed by atoms with Crippen molar-refractivity contribution in [3.8, 4) is 0 Å². The molecule has 0 atom stereocenters. The van der Waals surface area contributed by atoms with Crippen LogP contribution in [0.25, 0.3) is 0 Å². The fraction of sp³-hybridized carbons (Fsp3) is 0.833. The van der Waals surface area contributed by atoms with Gasteiger partial charge in [0.15, 0.2) is 0 Å². The lowest BCUT2D eigenvalue weighted by atomic mass is 9.90. The second-order valence-corrected chi connectivity index (χ2v) is 5.22. The highest BCUT2D eigenvalue weighted by molar-refractivity contribution is 6.30. The number of hydrogen-bond acceptors (Lipinski definition) is 5. The first kappa shape index (κ1) is 19.9. The van der Waals surface area contributed by atoms with E-state index in [1.165, 1.54) is 25.7 Å². The van der Waals surface area contributed by atoms with Crippen molar-refractivity contribution in [2.75, 3.05) is 0 Å². The number of aliphatic hydroxyl groups is 2. The minimum absolute atomic E-state index is 1.01. The van der Waals surface area contributed by atoms with Gasteiger partial charge in [0.1, 0.15) is 0 Å². The van der Waals surface area contributed by atoms with E-state index in [1.807, 2.05) is 0 Å². The molecule has 0 radical (unpaired) electrons. The lowest BCUT2D eigenvalue weighted by molar-refractivity contribution is -0.107. The third-order valence-corrected chi connectivity index (χ3v) is 2.66. The molecular weight excluding hydrogens is 235 g/mol. The average molecular weight is 262 g/mol. The van der Waals surface area contributed by atoms with Crippen molar-refractivity contribution in [3.05, 3.63) is 12.2 Å². The van der Waals surface area contributed by atoms with Crippen molar-refractivity contribution >= 4 is 7.32 Å². The average Bonchev–Trinajstić information content (AvgIpc) is 2.17. The molecular formula is C12H27BO5. The molecule has 0 fully saturated rings. The van der Waals surface area contributed by atoms with Gasteiger partial charge in [-0.25, -0.2) is 0 Å². The first-order chi connectivity index (χ1) is 7.98. The summed E-state index contributed by atoms with van der Waals surface area (Å²) < 4.78 is 0. The molecule has 0 amide bonds. The SMILES string of the molecule is C1=CCCCC1.CC(C)(O)C(C)(C)O.OB(O)O. The highest BCUT2D eigenvalue weighted by atomic mass is 16.5. The number of hydrogen-bond donors (Lipinski definition) is 5. The van der Waals surface area contributed by atoms with Gasteiger partial charge in [0, 0.05) is 0 Å². The molecule has 0 aliphatic heterocycles. The van der Waals surface area contributed by atoms with Crippen LogP contribution in [0.2, 0.25) is 0 Å². The lowest BCUT2D eigenvalue weighted by Gasteiger charge is -2.31. The standard InChI is InChI=1S/C6H14O2.C6H10.BH3O3/c1-5(2,7)6(3,4)8;1-2-4-6-5-3-1;2-1(3)4/h7-8H,1-4H3;1-2H,3-6H2;2-4H. The smallest absolute Gasteiger partial charge is 0.402 e. The Bertz CT molecular complexity index is 193. The van der Waals surface area contributed by atoms with E-state index in [0.717, 1.165) is 0 Å². The van der Waals surface area contributed by atoms with E-state index in [4.69, 9.17) is 25.3 Å². The minimum Gasteiger partial charge on any atom is -0.402 e. The van der Waals surface area contributed by atoms with Crippen molar-refractivity contribution in [2.45, 2.75) is 64.6 Å². The highest BCUT2D eigenvalue weighted by Gasteiger charge is 2.31. The summed E-state index contributed by atoms with van der Waals surface area (Å²) in [6, 6.07) is 0. The predicted molar refractivity (Wildman–Crippen MR) is 72.6 cm³/mol. The Balaban J connectivity index is 0. The maximum absolute atomic E-state index is 9.10. The number of allylic oxidation sites excluding steroid dienone is 2. The Hall–Kier alpha value is -0.395. The third-order valence-electron chi connectivity index (χ3n) is 2.66. The molecule has 0 unspecified atom stereocenters. The highest BCUT2D eigenvalue weighted by Crippen LogP contribution is 2.19. The Morgan fingerprint density at radius 1 is 0.778 bits per heavy atom. The molecule has 18 heavy (non-hydrogen) atoms. The summed E-state index contributed by atoms with van der Waals surface area (Å²) in [6.45, 7) is 6.31. The molecule has 5 nitrogen and oxygen atoms in total. The van der Waals surface area contributed by atoms with Crippen LogP contribution >= 0.6 is 0 Å². The normalized spacial score (nSPS) is 14.9. The largest absolute Gasteiger partial charge is 0.631 e. The second-order valence-electron chi connectivity index (χ2n) is 5.22. The van der Waals surface area contributed by atoms with Crippen molar-refractivity contribution in [3.63, 3.8) is 0 Å². The van der Waals surface area contributed by atoms with E-state index in [9.17, 15) is 0 Å². The molecule has 1 aliphatic carbocycles. The van der Waals surface area contributed by atoms with Crippen LogP contribution < -0.4 is 0 Å². The van der Waals surface area contributed by atoms with Gasteiger partial charge in [-0.15, -0.1) is 0 Å². The molecule has 0 saturated heterocycles. The van der Waals surface area contributed by atoms with Gasteiger partial charge in [0.25, 0.3) is 0 Å². The quantitative estimate of drug-likeness (QED) is 0.352. The third kappa shape index (κ3) is 15.6. The van der Waals surface area contributed by atoms with Crippen molar-refractivity contribution < 1.29 is 25.3 Å². The molecule has 1 rings (SSSR count). The van der Waals surface area contributed by atoms with Gasteiger partial charge in [0.05, 0.1) is 11.2 Å². The molecule has 0 aromatic carbocycles. The molecule has 1 aliphatic rings. The minimum atomic E-state index is -2.17. The summed E-state index contributed by atoms with van der Waals surface area (Å²) in [7, 11) is -2.17. The lowest BCUT2D eigenvalue weighted by Crippen LogP contribution is -2.44. The van der Waals surface area contributed by atoms with Crippen LogP contribution in [0.15, 0.2) is 12.2 Å². The molecule has 0 aromatic heterocycles. The Labute approximate surface area is 110 Å². The summed E-state index contributed by atoms with van der Waals surface area (Å²) in [5.41, 5.74) is -2.01. The zero-order valence-corrected chi connectivity index (χ0v) is 11.8. The molecule has 0 saturated carbocycles. The van der Waals surface area contributed by atoms with E-state index < -0.39 is 18.5 Å². The molecule has 0 spiro atoms. The Morgan fingerprint density at radius 3 is 1.06 bits per heavy atom. The first-order valence-corrected chi connectivity index (χ1v) is 6.12. The fourth-order valence-electron chi connectivity index (χ4n) is 0.760. The summed E-state index contributed by atoms with van der Waals surface area (Å²) in [4.78, 5) is 0. The summed E-state index contributed by atoms with van der Waals surface area (Å²) in [6.07, 6.45) is 10.0. The molecule has 6 heteroatoms. The van der Waals surface area contributed by atoms with Crippen LogP contribution in [-0.2, 0) is 0 Å². The van der Waals surface area contributed by atoms with Crippen LogP contribution in [0.1, 0.15) is 53.4 Å². The maximum atomic E-state index is 9.10. The van der Waals surface area contributed by atoms with Crippen LogP contribution in [0.5, 0.6) is 0 Å². The Morgan fingerprint density at radius 2 is 1.00 bits per heavy atom. The van der Waals surface area contributed by atoms with E-state index in [1.54, 1.807) is 27.7 Å². The van der Waals surface area contributed by atoms with Gasteiger partial charge in [0.2, 0.25) is 0 Å². The summed E-state index contributed by atoms with van der Waals surface area (Å²) in [5.74, 6) is 0. The zero-order chi connectivity index (χ0) is 14.8. The molecule has 5 N–H and O–H groups in total. The second kappa shape index (κ2) is 9.52. The van der Waals surface area contributed by atoms with Crippen molar-refractivity contribution in [1.82, 2.24) is 0 Å². The van der Waals surface area contributed by atoms with Crippen molar-refractivity contribution in [2.24, 2.45) is 0 Å². The molecule has 108 valence electrons. The van der Waals surface area contributed by atoms with E-state index in [2.05, 4.69) is 12.2 Å². The van der Waals surface area contributed by atoms with E-state index >= 15 is 0 Å². The van der Waals surface area contributed by atoms with Gasteiger partial charge in [-0.1, -0.05) is 12.2 Å². The van der Waals surface area contributed by atoms with Gasteiger partial charge in [-0.05, 0) is 53.4 Å². The molecule has 0 aromatic rings. The van der Waals surface area contributed by atoms with Crippen molar-refractivity contribution in [1.29, 1.82) is 0 Å². The molecule has 0 heterocycles. The summed E-state index contributed by atoms with van der Waals surface area (Å²) in [5, 5.41) is 39.7. The fourth-order valence-corrected chi connectivity index (χ4v) is 0.760. The van der Waals surface area contributed by atoms with Gasteiger partial charge < -0.3 is 25.3 Å². The van der Waals surface area contributed by atoms with Gasteiger partial charge >= 0.3 is 7.32 Å². The Kier molecular flexibility index (Phi) is 10.5. The van der Waals surface area contributed by atoms with Gasteiger partial charge in [-0.3, -0.25) is 0 Å². The predicted octanol–water partition coefficient (Wildman–Crippen LogP) is 0.593. The van der Waals surface area contributed by atoms with Gasteiger partial charge in [-0.2, -0.15) is 0 Å². The van der Waals surface area contributed by atoms with Crippen LogP contribution in [0, 0.1) is 0 Å². The summed E-state index contributed by atoms with van der Waals surface area (Å²) >= 11 is 0. The molecule has 0 bridgehead atoms. The monoisotopic (exact) mass is 262 g/mol. The van der Waals surface area contributed by atoms with Crippen LogP contribution in [-0.4, -0.2) is 43.8 Å². The van der Waals surface area contributed by atoms with E-state index in [-0.39, 0.29) is 0 Å². The first-order valence-electron chi connectivity index (χ1n) is 6.12. The number of rotatable bonds is 1. The van der Waals surface area contributed by atoms with E-state index in [0.29, 0.717) is 0 Å². The van der Waals surface area contributed by atoms with Crippen LogP contribution in [0.3, 0.4) is 0 Å². The zero-order valence-electron chi connectivity index (χ0n) is 11.8. The van der Waals surface area contributed by atoms with Crippen LogP contribution in [0.4, 0.5) is 0 Å².